The Labute approximate surface area is 160 Å². The molecule has 1 atom stereocenters. The summed E-state index contributed by atoms with van der Waals surface area (Å²) in [4.78, 5) is 19.4. The van der Waals surface area contributed by atoms with E-state index < -0.39 is 18.7 Å². The van der Waals surface area contributed by atoms with Gasteiger partial charge in [0.25, 0.3) is 5.69 Å². The molecule has 0 bridgehead atoms. The van der Waals surface area contributed by atoms with E-state index in [2.05, 4.69) is 20.5 Å². The number of benzene rings is 2. The number of non-ortho nitro benzene ring substituents is 1. The second kappa shape index (κ2) is 8.94. The predicted molar refractivity (Wildman–Crippen MR) is 98.7 cm³/mol. The van der Waals surface area contributed by atoms with Gasteiger partial charge >= 0.3 is 13.8 Å². The number of hydrogen-bond donors (Lipinski definition) is 1. The Kier molecular flexibility index (Phi) is 7.16. The lowest BCUT2D eigenvalue weighted by Crippen LogP contribution is -2.01. The van der Waals surface area contributed by atoms with Crippen LogP contribution >= 0.6 is 35.3 Å². The minimum Gasteiger partial charge on any atom is -0.420 e. The molecule has 0 aliphatic carbocycles. The molecular weight excluding hydrogens is 455 g/mol. The van der Waals surface area contributed by atoms with Crippen molar-refractivity contribution < 1.29 is 27.7 Å². The maximum atomic E-state index is 12.4. The van der Waals surface area contributed by atoms with Crippen LogP contribution in [0.25, 0.3) is 0 Å². The van der Waals surface area contributed by atoms with Crippen molar-refractivity contribution in [2.45, 2.75) is 17.7 Å². The maximum absolute atomic E-state index is 12.4. The molecule has 0 heterocycles. The van der Waals surface area contributed by atoms with Crippen LogP contribution in [0.1, 0.15) is 11.1 Å². The van der Waals surface area contributed by atoms with Crippen molar-refractivity contribution in [3.63, 3.8) is 0 Å². The molecule has 1 unspecified atom stereocenters. The number of nitro groups is 1. The van der Waals surface area contributed by atoms with Crippen molar-refractivity contribution in [3.8, 4) is 5.75 Å². The number of rotatable bonds is 8. The average Bonchev–Trinajstić information content (AvgIpc) is 2.57. The summed E-state index contributed by atoms with van der Waals surface area (Å²) in [6.07, 6.45) is -3.49. The molecule has 11 heteroatoms. The molecule has 0 spiro atoms. The van der Waals surface area contributed by atoms with Crippen LogP contribution in [0.3, 0.4) is 0 Å². The molecule has 26 heavy (non-hydrogen) atoms. The SMILES string of the molecule is O=[N+]([O-])c1cccc(CSCc2ccc(OP(=O)(O)C(F)F)c(Br)c2)c1. The highest BCUT2D eigenvalue weighted by Gasteiger charge is 2.34. The first-order chi connectivity index (χ1) is 12.2. The van der Waals surface area contributed by atoms with Crippen LogP contribution < -0.4 is 4.52 Å². The molecule has 2 aromatic rings. The molecule has 0 aromatic heterocycles. The average molecular weight is 468 g/mol. The number of halogens is 3. The Balaban J connectivity index is 1.97. The molecule has 0 amide bonds. The number of thioether (sulfide) groups is 1. The Hall–Kier alpha value is -1.48. The monoisotopic (exact) mass is 467 g/mol. The summed E-state index contributed by atoms with van der Waals surface area (Å²) in [6.45, 7) is 0. The maximum Gasteiger partial charge on any atom is 0.442 e. The van der Waals surface area contributed by atoms with E-state index in [1.165, 1.54) is 30.0 Å². The third kappa shape index (κ3) is 5.77. The first kappa shape index (κ1) is 20.8. The molecule has 0 aliphatic rings. The number of nitrogens with zero attached hydrogens (tertiary/aromatic N) is 1. The van der Waals surface area contributed by atoms with Gasteiger partial charge in [-0.15, -0.1) is 0 Å². The van der Waals surface area contributed by atoms with E-state index in [9.17, 15) is 23.5 Å². The van der Waals surface area contributed by atoms with Crippen molar-refractivity contribution in [2.75, 3.05) is 0 Å². The zero-order chi connectivity index (χ0) is 19.3. The van der Waals surface area contributed by atoms with Gasteiger partial charge in [-0.25, -0.2) is 4.57 Å². The first-order valence-corrected chi connectivity index (χ1v) is 10.7. The molecule has 2 aromatic carbocycles. The number of alkyl halides is 2. The zero-order valence-electron chi connectivity index (χ0n) is 13.0. The normalized spacial score (nSPS) is 13.4. The highest BCUT2D eigenvalue weighted by Crippen LogP contribution is 2.50. The molecule has 0 aliphatic heterocycles. The molecular formula is C15H13BrF2NO5PS. The lowest BCUT2D eigenvalue weighted by Gasteiger charge is -2.14. The summed E-state index contributed by atoms with van der Waals surface area (Å²) >= 11 is 4.63. The summed E-state index contributed by atoms with van der Waals surface area (Å²) < 4.78 is 40.8. The van der Waals surface area contributed by atoms with Crippen LogP contribution in [0.5, 0.6) is 5.75 Å². The molecule has 6 nitrogen and oxygen atoms in total. The van der Waals surface area contributed by atoms with Crippen molar-refractivity contribution in [1.82, 2.24) is 0 Å². The standard InChI is InChI=1S/C15H13BrF2NO5PS/c16-13-7-11(4-5-14(13)24-25(22,23)15(17)18)9-26-8-10-2-1-3-12(6-10)19(20)21/h1-7,15H,8-9H2,(H,22,23). The lowest BCUT2D eigenvalue weighted by atomic mass is 10.2. The van der Waals surface area contributed by atoms with Gasteiger partial charge in [-0.3, -0.25) is 10.1 Å². The van der Waals surface area contributed by atoms with Gasteiger partial charge in [-0.05, 0) is 39.2 Å². The van der Waals surface area contributed by atoms with Crippen LogP contribution in [0.4, 0.5) is 14.5 Å². The quantitative estimate of drug-likeness (QED) is 0.309. The molecule has 2 rings (SSSR count). The minimum atomic E-state index is -5.03. The fourth-order valence-corrected chi connectivity index (χ4v) is 4.02. The molecule has 0 saturated carbocycles. The summed E-state index contributed by atoms with van der Waals surface area (Å²) in [6, 6.07) is 10.8. The zero-order valence-corrected chi connectivity index (χ0v) is 16.3. The van der Waals surface area contributed by atoms with Gasteiger partial charge in [0.2, 0.25) is 0 Å². The molecule has 0 saturated heterocycles. The van der Waals surface area contributed by atoms with Crippen LogP contribution in [-0.4, -0.2) is 16.0 Å². The summed E-state index contributed by atoms with van der Waals surface area (Å²) in [5, 5.41) is 10.8. The van der Waals surface area contributed by atoms with E-state index >= 15 is 0 Å². The van der Waals surface area contributed by atoms with E-state index in [0.717, 1.165) is 11.1 Å². The van der Waals surface area contributed by atoms with Gasteiger partial charge < -0.3 is 9.42 Å². The van der Waals surface area contributed by atoms with Crippen molar-refractivity contribution in [2.24, 2.45) is 0 Å². The minimum absolute atomic E-state index is 0.0276. The van der Waals surface area contributed by atoms with Gasteiger partial charge in [-0.2, -0.15) is 20.5 Å². The summed E-state index contributed by atoms with van der Waals surface area (Å²) in [7, 11) is -5.03. The lowest BCUT2D eigenvalue weighted by molar-refractivity contribution is -0.384. The molecule has 1 N–H and O–H groups in total. The van der Waals surface area contributed by atoms with E-state index in [1.807, 2.05) is 0 Å². The fourth-order valence-electron chi connectivity index (χ4n) is 1.94. The van der Waals surface area contributed by atoms with Gasteiger partial charge in [0, 0.05) is 23.6 Å². The highest BCUT2D eigenvalue weighted by atomic mass is 79.9. The second-order valence-electron chi connectivity index (χ2n) is 5.12. The van der Waals surface area contributed by atoms with Crippen LogP contribution in [0.15, 0.2) is 46.9 Å². The Morgan fingerprint density at radius 2 is 1.88 bits per heavy atom. The van der Waals surface area contributed by atoms with Gasteiger partial charge in [-0.1, -0.05) is 18.2 Å². The topological polar surface area (TPSA) is 89.7 Å². The van der Waals surface area contributed by atoms with Crippen molar-refractivity contribution >= 4 is 41.0 Å². The van der Waals surface area contributed by atoms with Crippen LogP contribution in [0.2, 0.25) is 0 Å². The molecule has 0 fully saturated rings. The van der Waals surface area contributed by atoms with E-state index in [1.54, 1.807) is 24.3 Å². The largest absolute Gasteiger partial charge is 0.442 e. The highest BCUT2D eigenvalue weighted by molar-refractivity contribution is 9.10. The second-order valence-corrected chi connectivity index (χ2v) is 8.66. The van der Waals surface area contributed by atoms with Crippen molar-refractivity contribution in [3.05, 3.63) is 68.2 Å². The Morgan fingerprint density at radius 3 is 2.46 bits per heavy atom. The Morgan fingerprint density at radius 1 is 1.23 bits per heavy atom. The first-order valence-electron chi connectivity index (χ1n) is 7.09. The van der Waals surface area contributed by atoms with E-state index in [4.69, 9.17) is 4.89 Å². The van der Waals surface area contributed by atoms with Crippen LogP contribution in [-0.2, 0) is 16.1 Å². The smallest absolute Gasteiger partial charge is 0.420 e. The molecule has 0 radical (unpaired) electrons. The van der Waals surface area contributed by atoms with Gasteiger partial charge in [0.1, 0.15) is 5.75 Å². The summed E-state index contributed by atoms with van der Waals surface area (Å²) in [5.41, 5.74) is 1.66. The van der Waals surface area contributed by atoms with Gasteiger partial charge in [0.15, 0.2) is 0 Å². The van der Waals surface area contributed by atoms with Crippen LogP contribution in [0, 0.1) is 10.1 Å². The predicted octanol–water partition coefficient (Wildman–Crippen LogP) is 5.58. The van der Waals surface area contributed by atoms with Crippen molar-refractivity contribution in [1.29, 1.82) is 0 Å². The Bertz CT molecular complexity index is 855. The third-order valence-electron chi connectivity index (χ3n) is 3.13. The van der Waals surface area contributed by atoms with Gasteiger partial charge in [0.05, 0.1) is 9.40 Å². The van der Waals surface area contributed by atoms with E-state index in [-0.39, 0.29) is 15.9 Å². The number of nitro benzene ring substituents is 1. The summed E-state index contributed by atoms with van der Waals surface area (Å²) in [5.74, 6) is 0.950. The number of hydrogen-bond acceptors (Lipinski definition) is 5. The van der Waals surface area contributed by atoms with E-state index in [0.29, 0.717) is 11.5 Å². The fraction of sp³-hybridized carbons (Fsp3) is 0.200. The molecule has 140 valence electrons. The third-order valence-corrected chi connectivity index (χ3v) is 5.78.